The summed E-state index contributed by atoms with van der Waals surface area (Å²) in [4.78, 5) is 0. The molecule has 0 aliphatic heterocycles. The molecule has 92 valence electrons. The van der Waals surface area contributed by atoms with E-state index >= 15 is 0 Å². The third-order valence-electron chi connectivity index (χ3n) is 2.58. The van der Waals surface area contributed by atoms with Gasteiger partial charge in [-0.05, 0) is 6.42 Å². The largest absolute Gasteiger partial charge is 0.390 e. The van der Waals surface area contributed by atoms with Crippen molar-refractivity contribution in [2.24, 2.45) is 0 Å². The van der Waals surface area contributed by atoms with Crippen molar-refractivity contribution in [2.45, 2.75) is 45.8 Å². The zero-order chi connectivity index (χ0) is 11.8. The molecule has 0 saturated heterocycles. The molecule has 1 rings (SSSR count). The molecule has 0 atom stereocenters. The Balaban J connectivity index is 2.62. The Bertz CT molecular complexity index is 299. The molecule has 0 aliphatic rings. The number of nitrogens with zero attached hydrogens (tertiary/aromatic N) is 3. The molecule has 5 heteroatoms. The van der Waals surface area contributed by atoms with Gasteiger partial charge in [-0.25, -0.2) is 4.68 Å². The molecule has 0 amide bonds. The van der Waals surface area contributed by atoms with Gasteiger partial charge >= 0.3 is 0 Å². The van der Waals surface area contributed by atoms with Gasteiger partial charge in [0, 0.05) is 20.1 Å². The Labute approximate surface area is 96.4 Å². The lowest BCUT2D eigenvalue weighted by molar-refractivity contribution is 0.199. The minimum Gasteiger partial charge on any atom is -0.390 e. The number of unbranched alkanes of at least 4 members (excludes halogenated alkanes) is 2. The molecule has 1 heterocycles. The van der Waals surface area contributed by atoms with Gasteiger partial charge in [0.25, 0.3) is 0 Å². The number of methoxy groups -OCH3 is 1. The lowest BCUT2D eigenvalue weighted by atomic mass is 10.2. The van der Waals surface area contributed by atoms with Gasteiger partial charge in [-0.3, -0.25) is 0 Å². The molecule has 0 fully saturated rings. The van der Waals surface area contributed by atoms with Crippen molar-refractivity contribution >= 4 is 0 Å². The van der Waals surface area contributed by atoms with Crippen molar-refractivity contribution < 1.29 is 9.84 Å². The minimum atomic E-state index is -0.0488. The second-order valence-electron chi connectivity index (χ2n) is 3.81. The fraction of sp³-hybridized carbons (Fsp3) is 0.818. The zero-order valence-electron chi connectivity index (χ0n) is 10.1. The van der Waals surface area contributed by atoms with E-state index in [2.05, 4.69) is 17.2 Å². The number of aromatic nitrogens is 3. The van der Waals surface area contributed by atoms with Crippen LogP contribution in [0.2, 0.25) is 0 Å². The fourth-order valence-corrected chi connectivity index (χ4v) is 1.65. The van der Waals surface area contributed by atoms with E-state index in [9.17, 15) is 0 Å². The average Bonchev–Trinajstić information content (AvgIpc) is 2.69. The number of hydrogen-bond acceptors (Lipinski definition) is 4. The highest BCUT2D eigenvalue weighted by Gasteiger charge is 2.11. The monoisotopic (exact) mass is 227 g/mol. The molecule has 5 nitrogen and oxygen atoms in total. The van der Waals surface area contributed by atoms with Gasteiger partial charge in [-0.15, -0.1) is 5.10 Å². The molecule has 0 radical (unpaired) electrons. The summed E-state index contributed by atoms with van der Waals surface area (Å²) in [5.41, 5.74) is 1.68. The molecule has 1 aromatic rings. The van der Waals surface area contributed by atoms with Crippen LogP contribution in [0.4, 0.5) is 0 Å². The first-order chi connectivity index (χ1) is 7.83. The van der Waals surface area contributed by atoms with E-state index in [0.29, 0.717) is 12.3 Å². The molecule has 0 aliphatic carbocycles. The molecule has 0 spiro atoms. The summed E-state index contributed by atoms with van der Waals surface area (Å²) >= 11 is 0. The Morgan fingerprint density at radius 2 is 2.19 bits per heavy atom. The highest BCUT2D eigenvalue weighted by molar-refractivity contribution is 5.09. The van der Waals surface area contributed by atoms with Crippen LogP contribution in [0.25, 0.3) is 0 Å². The topological polar surface area (TPSA) is 60.2 Å². The Morgan fingerprint density at radius 1 is 1.38 bits per heavy atom. The van der Waals surface area contributed by atoms with Gasteiger partial charge in [0.15, 0.2) is 0 Å². The van der Waals surface area contributed by atoms with Gasteiger partial charge in [0.2, 0.25) is 0 Å². The smallest absolute Gasteiger partial charge is 0.111 e. The summed E-state index contributed by atoms with van der Waals surface area (Å²) in [5.74, 6) is 0. The van der Waals surface area contributed by atoms with Crippen LogP contribution in [-0.4, -0.2) is 33.8 Å². The van der Waals surface area contributed by atoms with Gasteiger partial charge in [0.1, 0.15) is 5.69 Å². The van der Waals surface area contributed by atoms with E-state index in [0.717, 1.165) is 25.1 Å². The third kappa shape index (κ3) is 3.57. The summed E-state index contributed by atoms with van der Waals surface area (Å²) < 4.78 is 6.93. The second kappa shape index (κ2) is 7.35. The van der Waals surface area contributed by atoms with E-state index < -0.39 is 0 Å². The fourth-order valence-electron chi connectivity index (χ4n) is 1.65. The van der Waals surface area contributed by atoms with E-state index in [4.69, 9.17) is 9.84 Å². The molecule has 0 unspecified atom stereocenters. The number of rotatable bonds is 8. The maximum absolute atomic E-state index is 9.15. The zero-order valence-corrected chi connectivity index (χ0v) is 10.1. The Kier molecular flexibility index (Phi) is 6.03. The van der Waals surface area contributed by atoms with Crippen LogP contribution in [0, 0.1) is 0 Å². The van der Waals surface area contributed by atoms with E-state index in [1.54, 1.807) is 7.11 Å². The number of ether oxygens (including phenoxy) is 1. The summed E-state index contributed by atoms with van der Waals surface area (Å²) in [6.07, 6.45) is 4.24. The first kappa shape index (κ1) is 13.1. The van der Waals surface area contributed by atoms with Crippen molar-refractivity contribution in [1.82, 2.24) is 15.0 Å². The predicted molar refractivity (Wildman–Crippen MR) is 61.0 cm³/mol. The van der Waals surface area contributed by atoms with Crippen molar-refractivity contribution in [3.05, 3.63) is 11.4 Å². The van der Waals surface area contributed by atoms with Crippen LogP contribution < -0.4 is 0 Å². The van der Waals surface area contributed by atoms with Gasteiger partial charge < -0.3 is 9.84 Å². The maximum Gasteiger partial charge on any atom is 0.111 e. The highest BCUT2D eigenvalue weighted by atomic mass is 16.5. The van der Waals surface area contributed by atoms with Crippen LogP contribution in [0.3, 0.4) is 0 Å². The predicted octanol–water partition coefficient (Wildman–Crippen LogP) is 1.15. The van der Waals surface area contributed by atoms with Crippen molar-refractivity contribution in [1.29, 1.82) is 0 Å². The van der Waals surface area contributed by atoms with Crippen molar-refractivity contribution in [3.63, 3.8) is 0 Å². The highest BCUT2D eigenvalue weighted by Crippen LogP contribution is 2.08. The maximum atomic E-state index is 9.15. The van der Waals surface area contributed by atoms with Gasteiger partial charge in [-0.1, -0.05) is 25.0 Å². The van der Waals surface area contributed by atoms with Crippen LogP contribution in [0.5, 0.6) is 0 Å². The molecule has 0 saturated carbocycles. The van der Waals surface area contributed by atoms with Crippen molar-refractivity contribution in [2.75, 3.05) is 13.7 Å². The molecule has 0 bridgehead atoms. The number of aryl methyl sites for hydroxylation is 1. The Morgan fingerprint density at radius 3 is 2.81 bits per heavy atom. The number of aliphatic hydroxyl groups is 1. The molecular weight excluding hydrogens is 206 g/mol. The summed E-state index contributed by atoms with van der Waals surface area (Å²) in [7, 11) is 1.67. The second-order valence-corrected chi connectivity index (χ2v) is 3.81. The first-order valence-electron chi connectivity index (χ1n) is 5.84. The summed E-state index contributed by atoms with van der Waals surface area (Å²) in [6.45, 7) is 3.63. The SMILES string of the molecule is CCCCCn1nnc(CO)c1CCOC. The van der Waals surface area contributed by atoms with E-state index in [1.165, 1.54) is 12.8 Å². The van der Waals surface area contributed by atoms with E-state index in [1.807, 2.05) is 4.68 Å². The first-order valence-corrected chi connectivity index (χ1v) is 5.84. The molecule has 1 N–H and O–H groups in total. The van der Waals surface area contributed by atoms with Crippen LogP contribution in [0.1, 0.15) is 37.6 Å². The minimum absolute atomic E-state index is 0.0488. The third-order valence-corrected chi connectivity index (χ3v) is 2.58. The van der Waals surface area contributed by atoms with Crippen LogP contribution >= 0.6 is 0 Å². The average molecular weight is 227 g/mol. The molecule has 1 aromatic heterocycles. The molecule has 0 aromatic carbocycles. The van der Waals surface area contributed by atoms with E-state index in [-0.39, 0.29) is 6.61 Å². The van der Waals surface area contributed by atoms with Crippen LogP contribution in [0.15, 0.2) is 0 Å². The lowest BCUT2D eigenvalue weighted by Gasteiger charge is -2.06. The number of aliphatic hydroxyl groups excluding tert-OH is 1. The van der Waals surface area contributed by atoms with Gasteiger partial charge in [-0.2, -0.15) is 0 Å². The summed E-state index contributed by atoms with van der Waals surface area (Å²) in [6, 6.07) is 0. The Hall–Kier alpha value is -0.940. The lowest BCUT2D eigenvalue weighted by Crippen LogP contribution is -2.09. The normalized spacial score (nSPS) is 10.9. The van der Waals surface area contributed by atoms with Crippen molar-refractivity contribution in [3.8, 4) is 0 Å². The molecule has 16 heavy (non-hydrogen) atoms. The number of hydrogen-bond donors (Lipinski definition) is 1. The van der Waals surface area contributed by atoms with Crippen LogP contribution in [-0.2, 0) is 24.3 Å². The summed E-state index contributed by atoms with van der Waals surface area (Å²) in [5, 5.41) is 17.2. The van der Waals surface area contributed by atoms with Gasteiger partial charge in [0.05, 0.1) is 18.9 Å². The standard InChI is InChI=1S/C11H21N3O2/c1-3-4-5-7-14-11(6-8-16-2)10(9-15)12-13-14/h15H,3-9H2,1-2H3. The quantitative estimate of drug-likeness (QED) is 0.677. The molecular formula is C11H21N3O2.